The maximum absolute atomic E-state index is 3.64. The third-order valence-corrected chi connectivity index (χ3v) is 4.06. The van der Waals surface area contributed by atoms with E-state index in [-0.39, 0.29) is 0 Å². The third kappa shape index (κ3) is 6.53. The van der Waals surface area contributed by atoms with Gasteiger partial charge in [-0.3, -0.25) is 0 Å². The summed E-state index contributed by atoms with van der Waals surface area (Å²) in [6.45, 7) is 11.3. The Morgan fingerprint density at radius 1 is 0.950 bits per heavy atom. The molecule has 20 heavy (non-hydrogen) atoms. The molecule has 2 unspecified atom stereocenters. The van der Waals surface area contributed by atoms with Crippen LogP contribution in [0.25, 0.3) is 0 Å². The highest BCUT2D eigenvalue weighted by Gasteiger charge is 2.17. The van der Waals surface area contributed by atoms with Gasteiger partial charge in [-0.2, -0.15) is 0 Å². The second kappa shape index (κ2) is 10.9. The molecule has 0 radical (unpaired) electrons. The van der Waals surface area contributed by atoms with E-state index in [0.717, 1.165) is 32.1 Å². The molecular formula is C18H32N2. The summed E-state index contributed by atoms with van der Waals surface area (Å²) in [4.78, 5) is 0. The normalized spacial score (nSPS) is 14.2. The van der Waals surface area contributed by atoms with Crippen LogP contribution in [0.15, 0.2) is 30.3 Å². The predicted molar refractivity (Wildman–Crippen MR) is 89.3 cm³/mol. The van der Waals surface area contributed by atoms with E-state index in [2.05, 4.69) is 61.7 Å². The lowest BCUT2D eigenvalue weighted by Gasteiger charge is -2.24. The van der Waals surface area contributed by atoms with Crippen molar-refractivity contribution in [3.8, 4) is 0 Å². The molecule has 1 aromatic carbocycles. The Morgan fingerprint density at radius 2 is 1.65 bits per heavy atom. The van der Waals surface area contributed by atoms with E-state index in [0.29, 0.717) is 5.92 Å². The van der Waals surface area contributed by atoms with E-state index in [1.54, 1.807) is 0 Å². The Bertz CT molecular complexity index is 323. The van der Waals surface area contributed by atoms with Crippen molar-refractivity contribution in [1.29, 1.82) is 0 Å². The Balaban J connectivity index is 2.32. The van der Waals surface area contributed by atoms with Crippen LogP contribution >= 0.6 is 0 Å². The number of hydrogen-bond donors (Lipinski definition) is 2. The second-order valence-electron chi connectivity index (χ2n) is 5.71. The molecule has 0 fully saturated rings. The fourth-order valence-electron chi connectivity index (χ4n) is 2.53. The molecule has 0 aromatic heterocycles. The van der Waals surface area contributed by atoms with E-state index in [1.165, 1.54) is 24.8 Å². The van der Waals surface area contributed by atoms with Gasteiger partial charge in [0.05, 0.1) is 0 Å². The van der Waals surface area contributed by atoms with Gasteiger partial charge in [-0.1, -0.05) is 57.5 Å². The predicted octanol–water partition coefficient (Wildman–Crippen LogP) is 3.80. The monoisotopic (exact) mass is 276 g/mol. The third-order valence-electron chi connectivity index (χ3n) is 4.06. The van der Waals surface area contributed by atoms with Crippen molar-refractivity contribution in [1.82, 2.24) is 10.6 Å². The van der Waals surface area contributed by atoms with Gasteiger partial charge in [0.2, 0.25) is 0 Å². The zero-order valence-corrected chi connectivity index (χ0v) is 13.5. The summed E-state index contributed by atoms with van der Waals surface area (Å²) in [6.07, 6.45) is 3.67. The quantitative estimate of drug-likeness (QED) is 0.601. The summed E-state index contributed by atoms with van der Waals surface area (Å²) in [7, 11) is 0. The minimum atomic E-state index is 0.629. The van der Waals surface area contributed by atoms with Crippen molar-refractivity contribution in [2.45, 2.75) is 46.0 Å². The van der Waals surface area contributed by atoms with Crippen LogP contribution in [0.2, 0.25) is 0 Å². The minimum Gasteiger partial charge on any atom is -0.317 e. The molecule has 0 amide bonds. The van der Waals surface area contributed by atoms with Crippen molar-refractivity contribution in [2.75, 3.05) is 26.2 Å². The number of rotatable bonds is 11. The maximum atomic E-state index is 3.64. The Kier molecular flexibility index (Phi) is 9.35. The Morgan fingerprint density at radius 3 is 2.30 bits per heavy atom. The summed E-state index contributed by atoms with van der Waals surface area (Å²) in [5.74, 6) is 1.35. The van der Waals surface area contributed by atoms with E-state index in [1.807, 2.05) is 0 Å². The lowest BCUT2D eigenvalue weighted by atomic mass is 9.85. The smallest absolute Gasteiger partial charge is 0.00227 e. The standard InChI is InChI=1S/C18H32N2/c1-4-12-19-13-9-14-20-15-18(16(3)5-2)17-10-7-6-8-11-17/h6-8,10-11,16,18-20H,4-5,9,12-15H2,1-3H3. The molecule has 0 bridgehead atoms. The molecule has 2 atom stereocenters. The van der Waals surface area contributed by atoms with Gasteiger partial charge in [-0.05, 0) is 49.9 Å². The van der Waals surface area contributed by atoms with Gasteiger partial charge in [0.25, 0.3) is 0 Å². The lowest BCUT2D eigenvalue weighted by molar-refractivity contribution is 0.418. The van der Waals surface area contributed by atoms with Crippen LogP contribution in [0.3, 0.4) is 0 Å². The molecule has 114 valence electrons. The second-order valence-corrected chi connectivity index (χ2v) is 5.71. The Hall–Kier alpha value is -0.860. The first kappa shape index (κ1) is 17.2. The molecule has 0 saturated carbocycles. The zero-order chi connectivity index (χ0) is 14.6. The maximum Gasteiger partial charge on any atom is 0.00227 e. The Labute approximate surface area is 125 Å². The molecule has 0 heterocycles. The summed E-state index contributed by atoms with van der Waals surface area (Å²) >= 11 is 0. The summed E-state index contributed by atoms with van der Waals surface area (Å²) in [6, 6.07) is 10.9. The van der Waals surface area contributed by atoms with Crippen LogP contribution in [-0.2, 0) is 0 Å². The van der Waals surface area contributed by atoms with E-state index >= 15 is 0 Å². The first-order chi connectivity index (χ1) is 9.79. The van der Waals surface area contributed by atoms with Crippen molar-refractivity contribution in [3.63, 3.8) is 0 Å². The minimum absolute atomic E-state index is 0.629. The largest absolute Gasteiger partial charge is 0.317 e. The van der Waals surface area contributed by atoms with Crippen LogP contribution < -0.4 is 10.6 Å². The molecule has 0 saturated heterocycles. The molecule has 0 spiro atoms. The van der Waals surface area contributed by atoms with E-state index < -0.39 is 0 Å². The van der Waals surface area contributed by atoms with Gasteiger partial charge >= 0.3 is 0 Å². The van der Waals surface area contributed by atoms with Crippen LogP contribution in [0.4, 0.5) is 0 Å². The van der Waals surface area contributed by atoms with Crippen LogP contribution in [0.1, 0.15) is 51.5 Å². The summed E-state index contributed by atoms with van der Waals surface area (Å²) < 4.78 is 0. The van der Waals surface area contributed by atoms with Gasteiger partial charge in [-0.15, -0.1) is 0 Å². The molecule has 1 rings (SSSR count). The van der Waals surface area contributed by atoms with Crippen molar-refractivity contribution in [3.05, 3.63) is 35.9 Å². The fraction of sp³-hybridized carbons (Fsp3) is 0.667. The zero-order valence-electron chi connectivity index (χ0n) is 13.5. The van der Waals surface area contributed by atoms with Crippen LogP contribution in [0, 0.1) is 5.92 Å². The first-order valence-corrected chi connectivity index (χ1v) is 8.25. The van der Waals surface area contributed by atoms with Gasteiger partial charge in [0.1, 0.15) is 0 Å². The highest BCUT2D eigenvalue weighted by Crippen LogP contribution is 2.25. The summed E-state index contributed by atoms with van der Waals surface area (Å²) in [5.41, 5.74) is 1.47. The molecule has 2 N–H and O–H groups in total. The lowest BCUT2D eigenvalue weighted by Crippen LogP contribution is -2.28. The first-order valence-electron chi connectivity index (χ1n) is 8.25. The molecule has 0 aliphatic heterocycles. The van der Waals surface area contributed by atoms with E-state index in [4.69, 9.17) is 0 Å². The van der Waals surface area contributed by atoms with Gasteiger partial charge in [-0.25, -0.2) is 0 Å². The molecule has 0 aliphatic rings. The van der Waals surface area contributed by atoms with Gasteiger partial charge < -0.3 is 10.6 Å². The van der Waals surface area contributed by atoms with Gasteiger partial charge in [0.15, 0.2) is 0 Å². The van der Waals surface area contributed by atoms with Crippen molar-refractivity contribution >= 4 is 0 Å². The SMILES string of the molecule is CCCNCCCNCC(c1ccccc1)C(C)CC. The highest BCUT2D eigenvalue weighted by molar-refractivity contribution is 5.20. The number of nitrogens with one attached hydrogen (secondary N) is 2. The van der Waals surface area contributed by atoms with Crippen LogP contribution in [-0.4, -0.2) is 26.2 Å². The average molecular weight is 276 g/mol. The van der Waals surface area contributed by atoms with Gasteiger partial charge in [0, 0.05) is 6.54 Å². The topological polar surface area (TPSA) is 24.1 Å². The van der Waals surface area contributed by atoms with Crippen LogP contribution in [0.5, 0.6) is 0 Å². The van der Waals surface area contributed by atoms with E-state index in [9.17, 15) is 0 Å². The number of hydrogen-bond acceptors (Lipinski definition) is 2. The summed E-state index contributed by atoms with van der Waals surface area (Å²) in [5, 5.41) is 7.08. The highest BCUT2D eigenvalue weighted by atomic mass is 14.9. The molecule has 1 aromatic rings. The average Bonchev–Trinajstić information content (AvgIpc) is 2.50. The molecular weight excluding hydrogens is 244 g/mol. The molecule has 2 nitrogen and oxygen atoms in total. The molecule has 0 aliphatic carbocycles. The fourth-order valence-corrected chi connectivity index (χ4v) is 2.53. The van der Waals surface area contributed by atoms with Crippen molar-refractivity contribution in [2.24, 2.45) is 5.92 Å². The van der Waals surface area contributed by atoms with Crippen molar-refractivity contribution < 1.29 is 0 Å². The number of benzene rings is 1. The molecule has 2 heteroatoms.